The van der Waals surface area contributed by atoms with Crippen LogP contribution in [0.15, 0.2) is 46.9 Å². The van der Waals surface area contributed by atoms with Crippen LogP contribution in [0.1, 0.15) is 15.9 Å². The molecule has 86 valence electrons. The van der Waals surface area contributed by atoms with Crippen LogP contribution in [0.2, 0.25) is 5.02 Å². The minimum atomic E-state index is -0.557. The summed E-state index contributed by atoms with van der Waals surface area (Å²) in [5, 5.41) is 0.317. The third kappa shape index (κ3) is 2.56. The lowest BCUT2D eigenvalue weighted by Gasteiger charge is -2.05. The average Bonchev–Trinajstić information content (AvgIpc) is 2.32. The van der Waals surface area contributed by atoms with Crippen LogP contribution in [0.25, 0.3) is 0 Å². The van der Waals surface area contributed by atoms with Gasteiger partial charge in [0.05, 0.1) is 10.6 Å². The fourth-order valence-corrected chi connectivity index (χ4v) is 2.04. The molecule has 0 heterocycles. The Morgan fingerprint density at radius 3 is 2.53 bits per heavy atom. The van der Waals surface area contributed by atoms with Crippen LogP contribution < -0.4 is 0 Å². The number of halogens is 3. The second-order valence-corrected chi connectivity index (χ2v) is 4.76. The van der Waals surface area contributed by atoms with E-state index < -0.39 is 11.6 Å². The number of carbonyl (C=O) groups excluding carboxylic acids is 1. The highest BCUT2D eigenvalue weighted by molar-refractivity contribution is 9.10. The van der Waals surface area contributed by atoms with E-state index >= 15 is 0 Å². The Balaban J connectivity index is 2.51. The normalized spacial score (nSPS) is 10.3. The highest BCUT2D eigenvalue weighted by Crippen LogP contribution is 2.22. The standard InChI is InChI=1S/C13H7BrClFO/c14-8-5-6-12(16)10(7-8)13(17)9-3-1-2-4-11(9)15/h1-7H. The topological polar surface area (TPSA) is 17.1 Å². The molecular weight excluding hydrogens is 306 g/mol. The quantitative estimate of drug-likeness (QED) is 0.748. The summed E-state index contributed by atoms with van der Waals surface area (Å²) >= 11 is 9.11. The minimum Gasteiger partial charge on any atom is -0.288 e. The van der Waals surface area contributed by atoms with Crippen LogP contribution in [-0.4, -0.2) is 5.78 Å². The monoisotopic (exact) mass is 312 g/mol. The van der Waals surface area contributed by atoms with Crippen LogP contribution in [0.5, 0.6) is 0 Å². The number of carbonyl (C=O) groups is 1. The van der Waals surface area contributed by atoms with Crippen molar-refractivity contribution in [2.45, 2.75) is 0 Å². The van der Waals surface area contributed by atoms with E-state index in [1.807, 2.05) is 0 Å². The Labute approximate surface area is 111 Å². The molecule has 0 aliphatic rings. The molecule has 0 saturated heterocycles. The Bertz CT molecular complexity index is 583. The van der Waals surface area contributed by atoms with Crippen LogP contribution in [0.4, 0.5) is 4.39 Å². The first kappa shape index (κ1) is 12.3. The third-order valence-corrected chi connectivity index (χ3v) is 3.11. The maximum atomic E-state index is 13.6. The van der Waals surface area contributed by atoms with E-state index in [1.165, 1.54) is 12.1 Å². The molecule has 0 N–H and O–H groups in total. The molecule has 0 radical (unpaired) electrons. The van der Waals surface area contributed by atoms with Gasteiger partial charge in [0.2, 0.25) is 0 Å². The summed E-state index contributed by atoms with van der Waals surface area (Å²) in [4.78, 5) is 12.1. The van der Waals surface area contributed by atoms with Gasteiger partial charge in [-0.25, -0.2) is 4.39 Å². The van der Waals surface area contributed by atoms with Gasteiger partial charge in [0.1, 0.15) is 5.82 Å². The van der Waals surface area contributed by atoms with Gasteiger partial charge < -0.3 is 0 Å². The molecule has 0 fully saturated rings. The molecule has 0 spiro atoms. The van der Waals surface area contributed by atoms with Gasteiger partial charge in [-0.2, -0.15) is 0 Å². The van der Waals surface area contributed by atoms with Crippen LogP contribution in [-0.2, 0) is 0 Å². The highest BCUT2D eigenvalue weighted by atomic mass is 79.9. The lowest BCUT2D eigenvalue weighted by atomic mass is 10.0. The van der Waals surface area contributed by atoms with Crippen molar-refractivity contribution in [1.82, 2.24) is 0 Å². The smallest absolute Gasteiger partial charge is 0.197 e. The van der Waals surface area contributed by atoms with Crippen molar-refractivity contribution in [1.29, 1.82) is 0 Å². The summed E-state index contributed by atoms with van der Waals surface area (Å²) in [7, 11) is 0. The number of hydrogen-bond donors (Lipinski definition) is 0. The fraction of sp³-hybridized carbons (Fsp3) is 0. The Morgan fingerprint density at radius 1 is 1.12 bits per heavy atom. The first-order valence-corrected chi connectivity index (χ1v) is 6.01. The van der Waals surface area contributed by atoms with Crippen molar-refractivity contribution in [2.75, 3.05) is 0 Å². The summed E-state index contributed by atoms with van der Waals surface area (Å²) in [6.07, 6.45) is 0. The van der Waals surface area contributed by atoms with E-state index in [2.05, 4.69) is 15.9 Å². The second kappa shape index (κ2) is 4.98. The molecule has 0 aliphatic carbocycles. The predicted molar refractivity (Wildman–Crippen MR) is 69.0 cm³/mol. The molecule has 0 saturated carbocycles. The molecule has 0 amide bonds. The number of benzene rings is 2. The molecule has 0 atom stereocenters. The number of hydrogen-bond acceptors (Lipinski definition) is 1. The average molecular weight is 314 g/mol. The Kier molecular flexibility index (Phi) is 3.60. The van der Waals surface area contributed by atoms with E-state index in [0.29, 0.717) is 15.1 Å². The SMILES string of the molecule is O=C(c1cc(Br)ccc1F)c1ccccc1Cl. The van der Waals surface area contributed by atoms with Crippen LogP contribution in [0, 0.1) is 5.82 Å². The Morgan fingerprint density at radius 2 is 1.82 bits per heavy atom. The van der Waals surface area contributed by atoms with E-state index in [1.54, 1.807) is 30.3 Å². The van der Waals surface area contributed by atoms with Gasteiger partial charge in [0.25, 0.3) is 0 Å². The van der Waals surface area contributed by atoms with Gasteiger partial charge in [-0.1, -0.05) is 39.7 Å². The molecule has 17 heavy (non-hydrogen) atoms. The van der Waals surface area contributed by atoms with E-state index in [9.17, 15) is 9.18 Å². The number of ketones is 1. The molecule has 0 aromatic heterocycles. The molecule has 2 aromatic carbocycles. The second-order valence-electron chi connectivity index (χ2n) is 3.43. The molecule has 0 aliphatic heterocycles. The molecule has 0 bridgehead atoms. The summed E-state index contributed by atoms with van der Waals surface area (Å²) in [6, 6.07) is 10.8. The molecule has 4 heteroatoms. The van der Waals surface area contributed by atoms with Crippen molar-refractivity contribution >= 4 is 33.3 Å². The lowest BCUT2D eigenvalue weighted by molar-refractivity contribution is 0.103. The van der Waals surface area contributed by atoms with E-state index in [-0.39, 0.29) is 5.56 Å². The van der Waals surface area contributed by atoms with Gasteiger partial charge in [0.15, 0.2) is 5.78 Å². The van der Waals surface area contributed by atoms with E-state index in [0.717, 1.165) is 0 Å². The molecule has 0 unspecified atom stereocenters. The van der Waals surface area contributed by atoms with Crippen LogP contribution >= 0.6 is 27.5 Å². The molecule has 2 aromatic rings. The van der Waals surface area contributed by atoms with E-state index in [4.69, 9.17) is 11.6 Å². The zero-order valence-electron chi connectivity index (χ0n) is 8.58. The number of rotatable bonds is 2. The molecule has 1 nitrogen and oxygen atoms in total. The van der Waals surface area contributed by atoms with Crippen molar-refractivity contribution in [3.8, 4) is 0 Å². The largest absolute Gasteiger partial charge is 0.288 e. The zero-order valence-corrected chi connectivity index (χ0v) is 10.9. The maximum absolute atomic E-state index is 13.6. The zero-order chi connectivity index (χ0) is 12.4. The first-order chi connectivity index (χ1) is 8.09. The Hall–Kier alpha value is -1.19. The summed E-state index contributed by atoms with van der Waals surface area (Å²) in [5.41, 5.74) is 0.304. The lowest BCUT2D eigenvalue weighted by Crippen LogP contribution is -2.04. The first-order valence-electron chi connectivity index (χ1n) is 4.84. The molecular formula is C13H7BrClFO. The maximum Gasteiger partial charge on any atom is 0.197 e. The van der Waals surface area contributed by atoms with Gasteiger partial charge in [-0.3, -0.25) is 4.79 Å². The van der Waals surface area contributed by atoms with Gasteiger partial charge >= 0.3 is 0 Å². The van der Waals surface area contributed by atoms with Crippen molar-refractivity contribution in [3.63, 3.8) is 0 Å². The van der Waals surface area contributed by atoms with Crippen LogP contribution in [0.3, 0.4) is 0 Å². The summed E-state index contributed by atoms with van der Waals surface area (Å²) < 4.78 is 14.2. The summed E-state index contributed by atoms with van der Waals surface area (Å²) in [6.45, 7) is 0. The predicted octanol–water partition coefficient (Wildman–Crippen LogP) is 4.47. The third-order valence-electron chi connectivity index (χ3n) is 2.29. The minimum absolute atomic E-state index is 0.00692. The van der Waals surface area contributed by atoms with Crippen molar-refractivity contribution < 1.29 is 9.18 Å². The van der Waals surface area contributed by atoms with Crippen molar-refractivity contribution in [3.05, 3.63) is 68.9 Å². The summed E-state index contributed by atoms with van der Waals surface area (Å²) in [5.74, 6) is -0.979. The molecule has 2 rings (SSSR count). The highest BCUT2D eigenvalue weighted by Gasteiger charge is 2.16. The van der Waals surface area contributed by atoms with Gasteiger partial charge in [-0.15, -0.1) is 0 Å². The van der Waals surface area contributed by atoms with Gasteiger partial charge in [-0.05, 0) is 30.3 Å². The fourth-order valence-electron chi connectivity index (χ4n) is 1.46. The van der Waals surface area contributed by atoms with Crippen molar-refractivity contribution in [2.24, 2.45) is 0 Å². The van der Waals surface area contributed by atoms with Gasteiger partial charge in [0, 0.05) is 10.0 Å².